The van der Waals surface area contributed by atoms with Crippen LogP contribution in [0.15, 0.2) is 11.8 Å². The summed E-state index contributed by atoms with van der Waals surface area (Å²) < 4.78 is 10.5. The predicted molar refractivity (Wildman–Crippen MR) is 61.9 cm³/mol. The van der Waals surface area contributed by atoms with Crippen LogP contribution in [-0.4, -0.2) is 23.0 Å². The number of aliphatic hydroxyl groups is 1. The first-order chi connectivity index (χ1) is 7.96. The molecule has 2 rings (SSSR count). The van der Waals surface area contributed by atoms with Gasteiger partial charge in [0.2, 0.25) is 5.79 Å². The highest BCUT2D eigenvalue weighted by Gasteiger charge is 2.32. The molecule has 4 heteroatoms. The molecule has 0 bridgehead atoms. The minimum atomic E-state index is -0.920. The highest BCUT2D eigenvalue weighted by atomic mass is 16.7. The first-order valence-electron chi connectivity index (χ1n) is 6.27. The van der Waals surface area contributed by atoms with Crippen molar-refractivity contribution in [2.75, 3.05) is 0 Å². The second-order valence-corrected chi connectivity index (χ2v) is 5.35. The van der Waals surface area contributed by atoms with E-state index in [1.54, 1.807) is 13.8 Å². The lowest BCUT2D eigenvalue weighted by atomic mass is 9.97. The van der Waals surface area contributed by atoms with Gasteiger partial charge < -0.3 is 14.6 Å². The van der Waals surface area contributed by atoms with E-state index < -0.39 is 17.9 Å². The number of ether oxygens (including phenoxy) is 2. The van der Waals surface area contributed by atoms with Crippen molar-refractivity contribution in [3.63, 3.8) is 0 Å². The quantitative estimate of drug-likeness (QED) is 0.768. The maximum absolute atomic E-state index is 11.3. The fourth-order valence-corrected chi connectivity index (χ4v) is 2.58. The lowest BCUT2D eigenvalue weighted by molar-refractivity contribution is -0.207. The minimum Gasteiger partial charge on any atom is -0.457 e. The molecular formula is C13H20O4. The molecule has 1 heterocycles. The van der Waals surface area contributed by atoms with Gasteiger partial charge in [-0.05, 0) is 18.8 Å². The lowest BCUT2D eigenvalue weighted by Crippen LogP contribution is -2.35. The van der Waals surface area contributed by atoms with E-state index in [0.29, 0.717) is 18.1 Å². The summed E-state index contributed by atoms with van der Waals surface area (Å²) in [4.78, 5) is 11.3. The first-order valence-corrected chi connectivity index (χ1v) is 6.27. The van der Waals surface area contributed by atoms with Crippen molar-refractivity contribution in [2.45, 2.75) is 57.8 Å². The van der Waals surface area contributed by atoms with Crippen molar-refractivity contribution in [1.29, 1.82) is 0 Å². The smallest absolute Gasteiger partial charge is 0.337 e. The standard InChI is InChI=1S/C13H20O4/c1-13(2)16-10(8-12(15)17-13)7-11(14)9-5-3-4-6-9/h8-9,11,14H,3-7H2,1-2H3. The SMILES string of the molecule is CC1(C)OC(=O)C=C(CC(O)C2CCCC2)O1. The van der Waals surface area contributed by atoms with Gasteiger partial charge in [-0.3, -0.25) is 0 Å². The van der Waals surface area contributed by atoms with Crippen LogP contribution < -0.4 is 0 Å². The van der Waals surface area contributed by atoms with Crippen LogP contribution in [0.4, 0.5) is 0 Å². The average Bonchev–Trinajstić information content (AvgIpc) is 2.65. The van der Waals surface area contributed by atoms with E-state index in [-0.39, 0.29) is 0 Å². The zero-order valence-corrected chi connectivity index (χ0v) is 10.4. The van der Waals surface area contributed by atoms with Crippen molar-refractivity contribution in [3.05, 3.63) is 11.8 Å². The van der Waals surface area contributed by atoms with Crippen LogP contribution in [0.5, 0.6) is 0 Å². The van der Waals surface area contributed by atoms with Gasteiger partial charge in [-0.15, -0.1) is 0 Å². The Morgan fingerprint density at radius 3 is 2.65 bits per heavy atom. The Kier molecular flexibility index (Phi) is 3.43. The second-order valence-electron chi connectivity index (χ2n) is 5.35. The van der Waals surface area contributed by atoms with E-state index in [4.69, 9.17) is 9.47 Å². The molecule has 0 radical (unpaired) electrons. The van der Waals surface area contributed by atoms with Gasteiger partial charge in [0, 0.05) is 20.3 Å². The van der Waals surface area contributed by atoms with Crippen LogP contribution in [-0.2, 0) is 14.3 Å². The molecule has 17 heavy (non-hydrogen) atoms. The molecule has 0 aromatic rings. The number of hydrogen-bond donors (Lipinski definition) is 1. The molecule has 0 saturated heterocycles. The lowest BCUT2D eigenvalue weighted by Gasteiger charge is -2.32. The van der Waals surface area contributed by atoms with E-state index in [1.807, 2.05) is 0 Å². The highest BCUT2D eigenvalue weighted by molar-refractivity contribution is 5.83. The molecule has 0 aromatic heterocycles. The number of esters is 1. The van der Waals surface area contributed by atoms with Gasteiger partial charge in [0.05, 0.1) is 12.2 Å². The third kappa shape index (κ3) is 3.22. The van der Waals surface area contributed by atoms with E-state index >= 15 is 0 Å². The molecule has 1 N–H and O–H groups in total. The zero-order valence-electron chi connectivity index (χ0n) is 10.4. The molecule has 1 unspecified atom stereocenters. The Balaban J connectivity index is 1.95. The molecule has 1 aliphatic carbocycles. The van der Waals surface area contributed by atoms with Crippen molar-refractivity contribution in [2.24, 2.45) is 5.92 Å². The zero-order chi connectivity index (χ0) is 12.5. The van der Waals surface area contributed by atoms with Crippen molar-refractivity contribution >= 4 is 5.97 Å². The van der Waals surface area contributed by atoms with Crippen LogP contribution in [0.25, 0.3) is 0 Å². The largest absolute Gasteiger partial charge is 0.457 e. The first kappa shape index (κ1) is 12.4. The van der Waals surface area contributed by atoms with Crippen LogP contribution in [0.3, 0.4) is 0 Å². The molecule has 1 fully saturated rings. The van der Waals surface area contributed by atoms with Crippen LogP contribution in [0, 0.1) is 5.92 Å². The summed E-state index contributed by atoms with van der Waals surface area (Å²) in [6.45, 7) is 3.39. The van der Waals surface area contributed by atoms with Gasteiger partial charge in [-0.25, -0.2) is 4.79 Å². The average molecular weight is 240 g/mol. The van der Waals surface area contributed by atoms with Crippen molar-refractivity contribution in [3.8, 4) is 0 Å². The molecule has 0 amide bonds. The van der Waals surface area contributed by atoms with Gasteiger partial charge in [0.25, 0.3) is 0 Å². The molecule has 0 aromatic carbocycles. The molecule has 2 aliphatic rings. The monoisotopic (exact) mass is 240 g/mol. The van der Waals surface area contributed by atoms with Gasteiger partial charge in [0.1, 0.15) is 5.76 Å². The molecule has 96 valence electrons. The summed E-state index contributed by atoms with van der Waals surface area (Å²) >= 11 is 0. The summed E-state index contributed by atoms with van der Waals surface area (Å²) in [5.74, 6) is -0.433. The minimum absolute atomic E-state index is 0.348. The number of aliphatic hydroxyl groups excluding tert-OH is 1. The van der Waals surface area contributed by atoms with Gasteiger partial charge in [-0.1, -0.05) is 12.8 Å². The van der Waals surface area contributed by atoms with Crippen molar-refractivity contribution < 1.29 is 19.4 Å². The van der Waals surface area contributed by atoms with E-state index in [9.17, 15) is 9.90 Å². The van der Waals surface area contributed by atoms with E-state index in [1.165, 1.54) is 18.9 Å². The molecule has 0 spiro atoms. The third-order valence-corrected chi connectivity index (χ3v) is 3.36. The molecule has 1 atom stereocenters. The summed E-state index contributed by atoms with van der Waals surface area (Å²) in [5, 5.41) is 10.1. The summed E-state index contributed by atoms with van der Waals surface area (Å²) in [5.41, 5.74) is 0. The molecule has 4 nitrogen and oxygen atoms in total. The third-order valence-electron chi connectivity index (χ3n) is 3.36. The maximum Gasteiger partial charge on any atom is 0.337 e. The van der Waals surface area contributed by atoms with Crippen LogP contribution >= 0.6 is 0 Å². The predicted octanol–water partition coefficient (Wildman–Crippen LogP) is 2.12. The Labute approximate surface area is 102 Å². The van der Waals surface area contributed by atoms with E-state index in [0.717, 1.165) is 12.8 Å². The molecule has 1 aliphatic heterocycles. The topological polar surface area (TPSA) is 55.8 Å². The Hall–Kier alpha value is -1.03. The van der Waals surface area contributed by atoms with Crippen LogP contribution in [0.1, 0.15) is 46.0 Å². The second kappa shape index (κ2) is 4.69. The number of carbonyl (C=O) groups excluding carboxylic acids is 1. The summed E-state index contributed by atoms with van der Waals surface area (Å²) in [7, 11) is 0. The number of cyclic esters (lactones) is 1. The normalized spacial score (nSPS) is 26.1. The van der Waals surface area contributed by atoms with Crippen molar-refractivity contribution in [1.82, 2.24) is 0 Å². The molecule has 1 saturated carbocycles. The number of carbonyl (C=O) groups is 1. The van der Waals surface area contributed by atoms with Gasteiger partial charge in [-0.2, -0.15) is 0 Å². The van der Waals surface area contributed by atoms with Gasteiger partial charge in [0.15, 0.2) is 0 Å². The Morgan fingerprint density at radius 1 is 1.41 bits per heavy atom. The number of hydrogen-bond acceptors (Lipinski definition) is 4. The summed E-state index contributed by atoms with van der Waals surface area (Å²) in [6.07, 6.45) is 5.85. The van der Waals surface area contributed by atoms with Crippen LogP contribution in [0.2, 0.25) is 0 Å². The number of rotatable bonds is 3. The van der Waals surface area contributed by atoms with E-state index in [2.05, 4.69) is 0 Å². The maximum atomic E-state index is 11.3. The highest BCUT2D eigenvalue weighted by Crippen LogP contribution is 2.32. The fourth-order valence-electron chi connectivity index (χ4n) is 2.58. The fraction of sp³-hybridized carbons (Fsp3) is 0.769. The summed E-state index contributed by atoms with van der Waals surface area (Å²) in [6, 6.07) is 0. The molecular weight excluding hydrogens is 220 g/mol. The Morgan fingerprint density at radius 2 is 2.06 bits per heavy atom. The Bertz CT molecular complexity index is 326. The van der Waals surface area contributed by atoms with Gasteiger partial charge >= 0.3 is 5.97 Å².